The zero-order valence-corrected chi connectivity index (χ0v) is 13.6. The molecule has 0 aromatic heterocycles. The van der Waals surface area contributed by atoms with Crippen LogP contribution in [0.2, 0.25) is 0 Å². The third kappa shape index (κ3) is 3.65. The van der Waals surface area contributed by atoms with Crippen molar-refractivity contribution in [2.24, 2.45) is 0 Å². The zero-order valence-electron chi connectivity index (χ0n) is 12.8. The van der Waals surface area contributed by atoms with Gasteiger partial charge >= 0.3 is 10.2 Å². The summed E-state index contributed by atoms with van der Waals surface area (Å²) >= 11 is 0. The number of phenolic OH excluding ortho intramolecular Hbond substituents is 1. The van der Waals surface area contributed by atoms with E-state index < -0.39 is 10.2 Å². The van der Waals surface area contributed by atoms with Gasteiger partial charge in [-0.3, -0.25) is 4.31 Å². The first-order valence-corrected chi connectivity index (χ1v) is 9.13. The van der Waals surface area contributed by atoms with Gasteiger partial charge in [0.05, 0.1) is 5.69 Å². The predicted octanol–water partition coefficient (Wildman–Crippen LogP) is 2.22. The van der Waals surface area contributed by atoms with Crippen molar-refractivity contribution in [3.05, 3.63) is 59.7 Å². The molecule has 1 aliphatic rings. The maximum atomic E-state index is 11.8. The second-order valence-corrected chi connectivity index (χ2v) is 7.31. The number of nitrogens with zero attached hydrogens (tertiary/aromatic N) is 1. The molecule has 0 saturated carbocycles. The van der Waals surface area contributed by atoms with Crippen molar-refractivity contribution in [2.75, 3.05) is 17.4 Å². The van der Waals surface area contributed by atoms with Crippen LogP contribution in [0.1, 0.15) is 17.5 Å². The van der Waals surface area contributed by atoms with Crippen LogP contribution in [0.4, 0.5) is 5.69 Å². The molecule has 1 fully saturated rings. The Morgan fingerprint density at radius 1 is 1.04 bits per heavy atom. The highest BCUT2D eigenvalue weighted by Crippen LogP contribution is 2.31. The molecular weight excluding hydrogens is 312 g/mol. The highest BCUT2D eigenvalue weighted by molar-refractivity contribution is 7.91. The summed E-state index contributed by atoms with van der Waals surface area (Å²) in [4.78, 5) is 0. The second kappa shape index (κ2) is 6.60. The SMILES string of the molecule is O=S1(=O)NCCN1c1ccc(CCCc2ccccc2)cc1O. The summed E-state index contributed by atoms with van der Waals surface area (Å²) in [6, 6.07) is 15.5. The number of benzene rings is 2. The van der Waals surface area contributed by atoms with Gasteiger partial charge in [-0.25, -0.2) is 0 Å². The van der Waals surface area contributed by atoms with E-state index in [1.807, 2.05) is 24.3 Å². The molecule has 122 valence electrons. The summed E-state index contributed by atoms with van der Waals surface area (Å²) in [6.45, 7) is 0.698. The molecule has 0 spiro atoms. The third-order valence-corrected chi connectivity index (χ3v) is 5.50. The first kappa shape index (κ1) is 15.8. The minimum atomic E-state index is -3.51. The molecule has 23 heavy (non-hydrogen) atoms. The van der Waals surface area contributed by atoms with Gasteiger partial charge in [-0.15, -0.1) is 0 Å². The largest absolute Gasteiger partial charge is 0.506 e. The van der Waals surface area contributed by atoms with E-state index >= 15 is 0 Å². The first-order chi connectivity index (χ1) is 11.1. The fraction of sp³-hybridized carbons (Fsp3) is 0.294. The van der Waals surface area contributed by atoms with Gasteiger partial charge in [0.1, 0.15) is 5.75 Å². The Kier molecular flexibility index (Phi) is 4.54. The van der Waals surface area contributed by atoms with Crippen LogP contribution in [0, 0.1) is 0 Å². The molecule has 6 heteroatoms. The van der Waals surface area contributed by atoms with E-state index in [-0.39, 0.29) is 5.75 Å². The average Bonchev–Trinajstić information content (AvgIpc) is 2.88. The molecular formula is C17H20N2O3S. The van der Waals surface area contributed by atoms with Gasteiger partial charge in [0.25, 0.3) is 0 Å². The van der Waals surface area contributed by atoms with E-state index in [0.29, 0.717) is 18.8 Å². The lowest BCUT2D eigenvalue weighted by molar-refractivity contribution is 0.475. The van der Waals surface area contributed by atoms with Crippen molar-refractivity contribution in [3.8, 4) is 5.75 Å². The van der Waals surface area contributed by atoms with Crippen LogP contribution >= 0.6 is 0 Å². The van der Waals surface area contributed by atoms with Crippen LogP contribution in [-0.4, -0.2) is 26.6 Å². The minimum absolute atomic E-state index is 0.00878. The van der Waals surface area contributed by atoms with Gasteiger partial charge in [-0.05, 0) is 42.5 Å². The van der Waals surface area contributed by atoms with Crippen molar-refractivity contribution >= 4 is 15.9 Å². The lowest BCUT2D eigenvalue weighted by Gasteiger charge is -2.17. The Morgan fingerprint density at radius 2 is 1.78 bits per heavy atom. The minimum Gasteiger partial charge on any atom is -0.506 e. The molecule has 0 unspecified atom stereocenters. The average molecular weight is 332 g/mol. The Balaban J connectivity index is 1.65. The normalized spacial score (nSPS) is 16.6. The summed E-state index contributed by atoms with van der Waals surface area (Å²) in [5, 5.41) is 10.2. The molecule has 0 bridgehead atoms. The van der Waals surface area contributed by atoms with Crippen LogP contribution in [0.25, 0.3) is 0 Å². The van der Waals surface area contributed by atoms with Gasteiger partial charge in [-0.1, -0.05) is 36.4 Å². The fourth-order valence-corrected chi connectivity index (χ4v) is 4.05. The van der Waals surface area contributed by atoms with Gasteiger partial charge in [-0.2, -0.15) is 13.1 Å². The molecule has 1 saturated heterocycles. The number of aromatic hydroxyl groups is 1. The standard InChI is InChI=1S/C17H20N2O3S/c20-17-13-15(8-4-7-14-5-2-1-3-6-14)9-10-16(17)19-12-11-18-23(19,21)22/h1-3,5-6,9-10,13,18,20H,4,7-8,11-12H2. The van der Waals surface area contributed by atoms with E-state index in [1.54, 1.807) is 12.1 Å². The van der Waals surface area contributed by atoms with E-state index in [1.165, 1.54) is 9.87 Å². The number of anilines is 1. The molecule has 1 heterocycles. The molecule has 0 atom stereocenters. The van der Waals surface area contributed by atoms with Crippen molar-refractivity contribution in [1.29, 1.82) is 0 Å². The van der Waals surface area contributed by atoms with Crippen molar-refractivity contribution in [3.63, 3.8) is 0 Å². The topological polar surface area (TPSA) is 69.6 Å². The fourth-order valence-electron chi connectivity index (χ4n) is 2.80. The molecule has 2 aromatic carbocycles. The van der Waals surface area contributed by atoms with Gasteiger partial charge in [0, 0.05) is 13.1 Å². The van der Waals surface area contributed by atoms with Crippen LogP contribution in [-0.2, 0) is 23.1 Å². The van der Waals surface area contributed by atoms with Crippen LogP contribution < -0.4 is 9.03 Å². The van der Waals surface area contributed by atoms with Gasteiger partial charge in [0.2, 0.25) is 0 Å². The molecule has 2 aromatic rings. The number of phenols is 1. The highest BCUT2D eigenvalue weighted by atomic mass is 32.2. The molecule has 0 aliphatic carbocycles. The molecule has 5 nitrogen and oxygen atoms in total. The summed E-state index contributed by atoms with van der Waals surface area (Å²) in [5.74, 6) is 0.00878. The Morgan fingerprint density at radius 3 is 2.43 bits per heavy atom. The molecule has 3 rings (SSSR count). The van der Waals surface area contributed by atoms with Crippen molar-refractivity contribution < 1.29 is 13.5 Å². The molecule has 1 aliphatic heterocycles. The number of rotatable bonds is 5. The lowest BCUT2D eigenvalue weighted by Crippen LogP contribution is -2.29. The van der Waals surface area contributed by atoms with Crippen LogP contribution in [0.5, 0.6) is 5.75 Å². The first-order valence-electron chi connectivity index (χ1n) is 7.69. The predicted molar refractivity (Wildman–Crippen MR) is 90.8 cm³/mol. The third-order valence-electron chi connectivity index (χ3n) is 3.97. The monoisotopic (exact) mass is 332 g/mol. The number of aryl methyl sites for hydroxylation is 2. The Hall–Kier alpha value is -2.05. The summed E-state index contributed by atoms with van der Waals surface area (Å²) < 4.78 is 27.3. The maximum Gasteiger partial charge on any atom is 0.301 e. The summed E-state index contributed by atoms with van der Waals surface area (Å²) in [6.07, 6.45) is 2.80. The lowest BCUT2D eigenvalue weighted by atomic mass is 10.0. The number of hydrogen-bond donors (Lipinski definition) is 2. The molecule has 0 amide bonds. The molecule has 0 radical (unpaired) electrons. The van der Waals surface area contributed by atoms with Gasteiger partial charge < -0.3 is 5.11 Å². The summed E-state index contributed by atoms with van der Waals surface area (Å²) in [7, 11) is -3.51. The quantitative estimate of drug-likeness (QED) is 0.882. The smallest absolute Gasteiger partial charge is 0.301 e. The second-order valence-electron chi connectivity index (χ2n) is 5.63. The van der Waals surface area contributed by atoms with E-state index in [2.05, 4.69) is 16.9 Å². The van der Waals surface area contributed by atoms with E-state index in [4.69, 9.17) is 0 Å². The van der Waals surface area contributed by atoms with Crippen LogP contribution in [0.3, 0.4) is 0 Å². The number of nitrogens with one attached hydrogen (secondary N) is 1. The Labute approximate surface area is 136 Å². The van der Waals surface area contributed by atoms with Gasteiger partial charge in [0.15, 0.2) is 0 Å². The Bertz CT molecular complexity index is 776. The molecule has 2 N–H and O–H groups in total. The summed E-state index contributed by atoms with van der Waals surface area (Å²) in [5.41, 5.74) is 2.64. The van der Waals surface area contributed by atoms with Crippen LogP contribution in [0.15, 0.2) is 48.5 Å². The van der Waals surface area contributed by atoms with E-state index in [9.17, 15) is 13.5 Å². The zero-order chi connectivity index (χ0) is 16.3. The van der Waals surface area contributed by atoms with E-state index in [0.717, 1.165) is 24.8 Å². The maximum absolute atomic E-state index is 11.8. The number of hydrogen-bond acceptors (Lipinski definition) is 3. The highest BCUT2D eigenvalue weighted by Gasteiger charge is 2.29. The van der Waals surface area contributed by atoms with Crippen molar-refractivity contribution in [2.45, 2.75) is 19.3 Å². The van der Waals surface area contributed by atoms with Crippen molar-refractivity contribution in [1.82, 2.24) is 4.72 Å².